The molecule has 0 atom stereocenters. The molecule has 0 aromatic heterocycles. The zero-order chi connectivity index (χ0) is 24.7. The molecule has 0 fully saturated rings. The molecule has 0 radical (unpaired) electrons. The number of ether oxygens (including phenoxy) is 2. The van der Waals surface area contributed by atoms with Crippen LogP contribution in [0.25, 0.3) is 6.08 Å². The number of rotatable bonds is 7. The lowest BCUT2D eigenvalue weighted by atomic mass is 10.1. The van der Waals surface area contributed by atoms with Gasteiger partial charge in [-0.1, -0.05) is 24.3 Å². The number of carbonyl (C=O) groups excluding carboxylic acids is 1. The highest BCUT2D eigenvalue weighted by Crippen LogP contribution is 2.38. The molecule has 0 aliphatic carbocycles. The van der Waals surface area contributed by atoms with Gasteiger partial charge in [-0.2, -0.15) is 10.5 Å². The summed E-state index contributed by atoms with van der Waals surface area (Å²) in [6, 6.07) is 20.3. The van der Waals surface area contributed by atoms with Gasteiger partial charge in [0.25, 0.3) is 5.91 Å². The number of halogens is 1. The summed E-state index contributed by atoms with van der Waals surface area (Å²) in [6.07, 6.45) is 1.48. The Balaban J connectivity index is 1.84. The molecule has 0 saturated heterocycles. The summed E-state index contributed by atoms with van der Waals surface area (Å²) in [5, 5.41) is 21.6. The first-order valence-corrected chi connectivity index (χ1v) is 11.1. The molecule has 6 nitrogen and oxygen atoms in total. The van der Waals surface area contributed by atoms with Gasteiger partial charge in [0.2, 0.25) is 0 Å². The molecular weight excluding hydrogens is 494 g/mol. The molecule has 3 rings (SSSR count). The fourth-order valence-electron chi connectivity index (χ4n) is 3.20. The van der Waals surface area contributed by atoms with Crippen molar-refractivity contribution in [2.75, 3.05) is 12.4 Å². The number of nitrogens with one attached hydrogen (secondary N) is 1. The van der Waals surface area contributed by atoms with E-state index in [1.54, 1.807) is 30.3 Å². The first-order valence-electron chi connectivity index (χ1n) is 10.3. The van der Waals surface area contributed by atoms with Crippen LogP contribution in [-0.2, 0) is 11.4 Å². The Labute approximate surface area is 207 Å². The van der Waals surface area contributed by atoms with Crippen molar-refractivity contribution >= 4 is 33.6 Å². The minimum atomic E-state index is -0.505. The highest BCUT2D eigenvalue weighted by Gasteiger charge is 2.15. The Morgan fingerprint density at radius 2 is 1.85 bits per heavy atom. The molecule has 7 heteroatoms. The predicted molar refractivity (Wildman–Crippen MR) is 134 cm³/mol. The molecule has 3 aromatic carbocycles. The van der Waals surface area contributed by atoms with Gasteiger partial charge in [-0.05, 0) is 82.9 Å². The Morgan fingerprint density at radius 3 is 2.53 bits per heavy atom. The molecule has 34 heavy (non-hydrogen) atoms. The zero-order valence-electron chi connectivity index (χ0n) is 19.0. The minimum absolute atomic E-state index is 0.0520. The summed E-state index contributed by atoms with van der Waals surface area (Å²) in [6.45, 7) is 4.12. The lowest BCUT2D eigenvalue weighted by molar-refractivity contribution is -0.112. The molecule has 0 saturated carbocycles. The van der Waals surface area contributed by atoms with Crippen molar-refractivity contribution in [2.45, 2.75) is 20.5 Å². The topological polar surface area (TPSA) is 95.1 Å². The van der Waals surface area contributed by atoms with Crippen LogP contribution in [0.3, 0.4) is 0 Å². The number of nitrogens with zero attached hydrogens (tertiary/aromatic N) is 2. The summed E-state index contributed by atoms with van der Waals surface area (Å²) in [7, 11) is 1.50. The van der Waals surface area contributed by atoms with Crippen LogP contribution in [0.5, 0.6) is 11.5 Å². The van der Waals surface area contributed by atoms with Gasteiger partial charge in [0.15, 0.2) is 11.5 Å². The molecule has 0 spiro atoms. The van der Waals surface area contributed by atoms with Crippen LogP contribution >= 0.6 is 15.9 Å². The van der Waals surface area contributed by atoms with Crippen LogP contribution in [-0.4, -0.2) is 13.0 Å². The van der Waals surface area contributed by atoms with Crippen molar-refractivity contribution in [1.82, 2.24) is 0 Å². The van der Waals surface area contributed by atoms with Crippen molar-refractivity contribution in [3.8, 4) is 23.6 Å². The monoisotopic (exact) mass is 515 g/mol. The molecule has 0 bridgehead atoms. The van der Waals surface area contributed by atoms with Crippen molar-refractivity contribution in [1.29, 1.82) is 10.5 Å². The Morgan fingerprint density at radius 1 is 1.09 bits per heavy atom. The maximum absolute atomic E-state index is 12.7. The third-order valence-electron chi connectivity index (χ3n) is 5.20. The number of methoxy groups -OCH3 is 1. The van der Waals surface area contributed by atoms with Gasteiger partial charge < -0.3 is 14.8 Å². The fraction of sp³-hybridized carbons (Fsp3) is 0.148. The average Bonchev–Trinajstić information content (AvgIpc) is 2.83. The summed E-state index contributed by atoms with van der Waals surface area (Å²) in [5.74, 6) is 0.363. The molecule has 170 valence electrons. The highest BCUT2D eigenvalue weighted by atomic mass is 79.9. The van der Waals surface area contributed by atoms with E-state index in [0.717, 1.165) is 16.7 Å². The quantitative estimate of drug-likeness (QED) is 0.304. The van der Waals surface area contributed by atoms with E-state index in [1.165, 1.54) is 13.2 Å². The van der Waals surface area contributed by atoms with Crippen molar-refractivity contribution in [3.05, 3.63) is 92.5 Å². The molecule has 0 aliphatic rings. The van der Waals surface area contributed by atoms with Crippen LogP contribution in [0, 0.1) is 36.5 Å². The van der Waals surface area contributed by atoms with Crippen LogP contribution in [0.1, 0.15) is 27.8 Å². The van der Waals surface area contributed by atoms with Crippen LogP contribution in [0.4, 0.5) is 5.69 Å². The first kappa shape index (κ1) is 24.6. The molecule has 1 N–H and O–H groups in total. The van der Waals surface area contributed by atoms with E-state index in [2.05, 4.69) is 27.3 Å². The largest absolute Gasteiger partial charge is 0.493 e. The van der Waals surface area contributed by atoms with Gasteiger partial charge >= 0.3 is 0 Å². The SMILES string of the molecule is COc1cc(/C=C(\C#N)C(=O)Nc2ccc(C)c(C)c2)cc(Br)c1OCc1ccccc1C#N. The summed E-state index contributed by atoms with van der Waals surface area (Å²) >= 11 is 3.48. The van der Waals surface area contributed by atoms with Gasteiger partial charge in [-0.15, -0.1) is 0 Å². The average molecular weight is 516 g/mol. The number of nitriles is 2. The molecule has 0 heterocycles. The Hall–Kier alpha value is -4.07. The van der Waals surface area contributed by atoms with Gasteiger partial charge in [-0.25, -0.2) is 0 Å². The van der Waals surface area contributed by atoms with Crippen LogP contribution in [0.15, 0.2) is 64.6 Å². The summed E-state index contributed by atoms with van der Waals surface area (Å²) in [5.41, 5.74) is 4.59. The van der Waals surface area contributed by atoms with E-state index in [9.17, 15) is 15.3 Å². The predicted octanol–water partition coefficient (Wildman–Crippen LogP) is 6.07. The standard InChI is InChI=1S/C27H22BrN3O3/c1-17-8-9-23(10-18(17)2)31-27(32)22(15-30)11-19-12-24(28)26(25(13-19)33-3)34-16-21-7-5-4-6-20(21)14-29/h4-13H,16H2,1-3H3,(H,31,32)/b22-11+. The van der Waals surface area contributed by atoms with E-state index in [0.29, 0.717) is 32.8 Å². The maximum Gasteiger partial charge on any atom is 0.266 e. The second-order valence-electron chi connectivity index (χ2n) is 7.51. The van der Waals surface area contributed by atoms with Gasteiger partial charge in [0, 0.05) is 11.3 Å². The third kappa shape index (κ3) is 5.83. The highest BCUT2D eigenvalue weighted by molar-refractivity contribution is 9.10. The molecular formula is C27H22BrN3O3. The second kappa shape index (κ2) is 11.2. The van der Waals surface area contributed by atoms with Gasteiger partial charge in [0.1, 0.15) is 18.2 Å². The van der Waals surface area contributed by atoms with Crippen molar-refractivity contribution < 1.29 is 14.3 Å². The smallest absolute Gasteiger partial charge is 0.266 e. The number of aryl methyl sites for hydroxylation is 2. The number of anilines is 1. The normalized spacial score (nSPS) is 10.7. The summed E-state index contributed by atoms with van der Waals surface area (Å²) < 4.78 is 12.0. The van der Waals surface area contributed by atoms with E-state index < -0.39 is 5.91 Å². The van der Waals surface area contributed by atoms with E-state index in [4.69, 9.17) is 9.47 Å². The fourth-order valence-corrected chi connectivity index (χ4v) is 3.78. The number of benzene rings is 3. The van der Waals surface area contributed by atoms with Gasteiger partial charge in [0.05, 0.1) is 23.2 Å². The molecule has 1 amide bonds. The van der Waals surface area contributed by atoms with Crippen LogP contribution in [0.2, 0.25) is 0 Å². The number of hydrogen-bond acceptors (Lipinski definition) is 5. The van der Waals surface area contributed by atoms with E-state index in [1.807, 2.05) is 44.2 Å². The van der Waals surface area contributed by atoms with E-state index in [-0.39, 0.29) is 12.2 Å². The Bertz CT molecular complexity index is 1350. The van der Waals surface area contributed by atoms with Crippen molar-refractivity contribution in [3.63, 3.8) is 0 Å². The van der Waals surface area contributed by atoms with E-state index >= 15 is 0 Å². The minimum Gasteiger partial charge on any atom is -0.493 e. The lowest BCUT2D eigenvalue weighted by Crippen LogP contribution is -2.13. The third-order valence-corrected chi connectivity index (χ3v) is 5.79. The van der Waals surface area contributed by atoms with Crippen LogP contribution < -0.4 is 14.8 Å². The summed E-state index contributed by atoms with van der Waals surface area (Å²) in [4.78, 5) is 12.7. The van der Waals surface area contributed by atoms with Crippen molar-refractivity contribution in [2.24, 2.45) is 0 Å². The number of carbonyl (C=O) groups is 1. The first-order chi connectivity index (χ1) is 16.4. The second-order valence-corrected chi connectivity index (χ2v) is 8.37. The maximum atomic E-state index is 12.7. The Kier molecular flexibility index (Phi) is 8.08. The molecule has 3 aromatic rings. The molecule has 0 unspecified atom stereocenters. The number of hydrogen-bond donors (Lipinski definition) is 1. The zero-order valence-corrected chi connectivity index (χ0v) is 20.6. The lowest BCUT2D eigenvalue weighted by Gasteiger charge is -2.14. The number of amides is 1. The van der Waals surface area contributed by atoms with Gasteiger partial charge in [-0.3, -0.25) is 4.79 Å². The molecule has 0 aliphatic heterocycles.